The maximum Gasteiger partial charge on any atom is 0.322 e. The molecule has 0 saturated heterocycles. The maximum absolute atomic E-state index is 11.6. The zero-order chi connectivity index (χ0) is 14.3. The van der Waals surface area contributed by atoms with Gasteiger partial charge in [0.05, 0.1) is 13.7 Å². The van der Waals surface area contributed by atoms with E-state index < -0.39 is 21.7 Å². The van der Waals surface area contributed by atoms with Gasteiger partial charge in [0.15, 0.2) is 5.75 Å². The van der Waals surface area contributed by atoms with Crippen molar-refractivity contribution in [1.29, 1.82) is 0 Å². The minimum atomic E-state index is -3.84. The molecule has 0 fully saturated rings. The second-order valence-corrected chi connectivity index (χ2v) is 5.10. The molecule has 0 atom stereocenters. The van der Waals surface area contributed by atoms with Gasteiger partial charge in [-0.2, -0.15) is 0 Å². The third-order valence-corrected chi connectivity index (χ3v) is 3.03. The van der Waals surface area contributed by atoms with Crippen molar-refractivity contribution in [1.82, 2.24) is 4.98 Å². The molecule has 0 amide bonds. The molecule has 19 heavy (non-hydrogen) atoms. The molecule has 0 bridgehead atoms. The van der Waals surface area contributed by atoms with E-state index in [0.29, 0.717) is 5.56 Å². The van der Waals surface area contributed by atoms with Gasteiger partial charge in [0.1, 0.15) is 5.82 Å². The van der Waals surface area contributed by atoms with Gasteiger partial charge in [0.25, 0.3) is 0 Å². The van der Waals surface area contributed by atoms with E-state index in [1.807, 2.05) is 0 Å². The molecule has 0 aromatic carbocycles. The highest BCUT2D eigenvalue weighted by Crippen LogP contribution is 2.08. The van der Waals surface area contributed by atoms with E-state index in [-0.39, 0.29) is 12.4 Å². The van der Waals surface area contributed by atoms with E-state index >= 15 is 0 Å². The largest absolute Gasteiger partial charge is 0.468 e. The fraction of sp³-hybridized carbons (Fsp3) is 0.273. The first kappa shape index (κ1) is 14.9. The first-order valence-electron chi connectivity index (χ1n) is 5.19. The number of nitrogens with two attached hydrogens (primary N) is 1. The molecule has 7 nitrogen and oxygen atoms in total. The lowest BCUT2D eigenvalue weighted by atomic mass is 10.2. The third-order valence-electron chi connectivity index (χ3n) is 1.89. The van der Waals surface area contributed by atoms with Crippen molar-refractivity contribution in [2.75, 3.05) is 24.1 Å². The van der Waals surface area contributed by atoms with Crippen LogP contribution in [0.25, 0.3) is 0 Å². The van der Waals surface area contributed by atoms with Crippen molar-refractivity contribution in [2.24, 2.45) is 5.73 Å². The molecule has 0 unspecified atom stereocenters. The number of nitrogens with one attached hydrogen (secondary N) is 1. The molecule has 3 N–H and O–H groups in total. The second-order valence-electron chi connectivity index (χ2n) is 3.37. The van der Waals surface area contributed by atoms with Crippen LogP contribution in [0.3, 0.4) is 0 Å². The molecule has 8 heteroatoms. The molecule has 0 aliphatic heterocycles. The Bertz CT molecular complexity index is 616. The monoisotopic (exact) mass is 283 g/mol. The maximum atomic E-state index is 11.6. The zero-order valence-electron chi connectivity index (χ0n) is 10.2. The topological polar surface area (TPSA) is 111 Å². The van der Waals surface area contributed by atoms with Gasteiger partial charge >= 0.3 is 5.97 Å². The molecular formula is C11H13N3O4S. The van der Waals surface area contributed by atoms with E-state index in [1.54, 1.807) is 6.07 Å². The molecular weight excluding hydrogens is 270 g/mol. The Kier molecular flexibility index (Phi) is 5.29. The summed E-state index contributed by atoms with van der Waals surface area (Å²) >= 11 is 0. The summed E-state index contributed by atoms with van der Waals surface area (Å²) in [6.07, 6.45) is 1.40. The van der Waals surface area contributed by atoms with E-state index in [0.717, 1.165) is 7.11 Å². The summed E-state index contributed by atoms with van der Waals surface area (Å²) in [5, 5.41) is 0. The molecule has 1 aromatic heterocycles. The molecule has 0 saturated carbocycles. The Morgan fingerprint density at radius 3 is 2.95 bits per heavy atom. The smallest absolute Gasteiger partial charge is 0.322 e. The highest BCUT2D eigenvalue weighted by molar-refractivity contribution is 7.93. The molecule has 1 heterocycles. The van der Waals surface area contributed by atoms with Crippen LogP contribution in [-0.4, -0.2) is 38.8 Å². The van der Waals surface area contributed by atoms with Crippen LogP contribution in [0.1, 0.15) is 5.56 Å². The molecule has 1 rings (SSSR count). The minimum absolute atomic E-state index is 0.0766. The molecule has 0 radical (unpaired) electrons. The fourth-order valence-corrected chi connectivity index (χ4v) is 2.06. The zero-order valence-corrected chi connectivity index (χ0v) is 11.0. The van der Waals surface area contributed by atoms with Gasteiger partial charge in [-0.3, -0.25) is 9.52 Å². The summed E-state index contributed by atoms with van der Waals surface area (Å²) < 4.78 is 29.6. The average molecular weight is 283 g/mol. The van der Waals surface area contributed by atoms with E-state index in [9.17, 15) is 13.2 Å². The van der Waals surface area contributed by atoms with E-state index in [2.05, 4.69) is 26.3 Å². The van der Waals surface area contributed by atoms with Crippen LogP contribution in [0.2, 0.25) is 0 Å². The molecule has 0 aliphatic rings. The lowest BCUT2D eigenvalue weighted by molar-refractivity contribution is -0.137. The number of rotatable bonds is 4. The molecule has 102 valence electrons. The van der Waals surface area contributed by atoms with Gasteiger partial charge in [0.2, 0.25) is 10.0 Å². The number of hydrogen-bond acceptors (Lipinski definition) is 6. The quantitative estimate of drug-likeness (QED) is 0.558. The van der Waals surface area contributed by atoms with Gasteiger partial charge in [-0.25, -0.2) is 13.4 Å². The standard InChI is InChI=1S/C11H13N3O4S/c1-18-11(15)8-19(16,17)14-10-7-9(3-2-5-12)4-6-13-10/h4,6-7H,5,8,12H2,1H3,(H,13,14). The Labute approximate surface area is 111 Å². The van der Waals surface area contributed by atoms with E-state index in [4.69, 9.17) is 5.73 Å². The number of carbonyl (C=O) groups excluding carboxylic acids is 1. The number of aromatic nitrogens is 1. The number of pyridine rings is 1. The highest BCUT2D eigenvalue weighted by atomic mass is 32.2. The molecule has 1 aromatic rings. The Morgan fingerprint density at radius 2 is 2.32 bits per heavy atom. The number of esters is 1. The number of carbonyl (C=O) groups is 1. The fourth-order valence-electron chi connectivity index (χ4n) is 1.13. The van der Waals surface area contributed by atoms with Gasteiger partial charge < -0.3 is 10.5 Å². The SMILES string of the molecule is COC(=O)CS(=O)(=O)Nc1cc(C#CCN)ccn1. The van der Waals surface area contributed by atoms with Crippen molar-refractivity contribution >= 4 is 21.8 Å². The van der Waals surface area contributed by atoms with Crippen molar-refractivity contribution in [3.8, 4) is 11.8 Å². The van der Waals surface area contributed by atoms with Crippen LogP contribution < -0.4 is 10.5 Å². The lowest BCUT2D eigenvalue weighted by Crippen LogP contribution is -2.24. The van der Waals surface area contributed by atoms with Crippen LogP contribution in [0, 0.1) is 11.8 Å². The normalized spacial score (nSPS) is 10.2. The summed E-state index contributed by atoms with van der Waals surface area (Å²) in [7, 11) is -2.73. The van der Waals surface area contributed by atoms with Gasteiger partial charge in [-0.05, 0) is 12.1 Å². The van der Waals surface area contributed by atoms with Gasteiger partial charge in [-0.15, -0.1) is 0 Å². The lowest BCUT2D eigenvalue weighted by Gasteiger charge is -2.06. The van der Waals surface area contributed by atoms with Crippen molar-refractivity contribution < 1.29 is 17.9 Å². The third kappa shape index (κ3) is 5.37. The number of anilines is 1. The second kappa shape index (κ2) is 6.72. The van der Waals surface area contributed by atoms with Crippen LogP contribution in [-0.2, 0) is 19.6 Å². The van der Waals surface area contributed by atoms with E-state index in [1.165, 1.54) is 12.3 Å². The molecule has 0 aliphatic carbocycles. The van der Waals surface area contributed by atoms with Crippen LogP contribution in [0.15, 0.2) is 18.3 Å². The number of sulfonamides is 1. The summed E-state index contributed by atoms with van der Waals surface area (Å²) in [6, 6.07) is 3.05. The Balaban J connectivity index is 2.85. The number of nitrogens with zero attached hydrogens (tertiary/aromatic N) is 1. The average Bonchev–Trinajstić information content (AvgIpc) is 2.35. The predicted octanol–water partition coefficient (Wildman–Crippen LogP) is -0.693. The highest BCUT2D eigenvalue weighted by Gasteiger charge is 2.17. The number of methoxy groups -OCH3 is 1. The summed E-state index contributed by atoms with van der Waals surface area (Å²) in [5.41, 5.74) is 5.80. The number of hydrogen-bond donors (Lipinski definition) is 2. The molecule has 0 spiro atoms. The predicted molar refractivity (Wildman–Crippen MR) is 69.6 cm³/mol. The first-order chi connectivity index (χ1) is 8.96. The van der Waals surface area contributed by atoms with Crippen molar-refractivity contribution in [3.05, 3.63) is 23.9 Å². The number of ether oxygens (including phenoxy) is 1. The first-order valence-corrected chi connectivity index (χ1v) is 6.84. The van der Waals surface area contributed by atoms with Crippen LogP contribution >= 0.6 is 0 Å². The summed E-state index contributed by atoms with van der Waals surface area (Å²) in [5.74, 6) is 3.82. The summed E-state index contributed by atoms with van der Waals surface area (Å²) in [4.78, 5) is 14.8. The van der Waals surface area contributed by atoms with Gasteiger partial charge in [0, 0.05) is 11.8 Å². The Morgan fingerprint density at radius 1 is 1.58 bits per heavy atom. The Hall–Kier alpha value is -2.11. The van der Waals surface area contributed by atoms with Crippen molar-refractivity contribution in [2.45, 2.75) is 0 Å². The van der Waals surface area contributed by atoms with Crippen molar-refractivity contribution in [3.63, 3.8) is 0 Å². The minimum Gasteiger partial charge on any atom is -0.468 e. The van der Waals surface area contributed by atoms with Gasteiger partial charge in [-0.1, -0.05) is 11.8 Å². The van der Waals surface area contributed by atoms with Crippen LogP contribution in [0.5, 0.6) is 0 Å². The van der Waals surface area contributed by atoms with Crippen LogP contribution in [0.4, 0.5) is 5.82 Å². The summed E-state index contributed by atoms with van der Waals surface area (Å²) in [6.45, 7) is 0.200.